The summed E-state index contributed by atoms with van der Waals surface area (Å²) in [6.45, 7) is 6.90. The number of benzene rings is 2. The van der Waals surface area contributed by atoms with Crippen molar-refractivity contribution in [3.05, 3.63) is 60.7 Å². The van der Waals surface area contributed by atoms with Crippen LogP contribution in [0.2, 0.25) is 0 Å². The molecular weight excluding hydrogens is 311 g/mol. The Morgan fingerprint density at radius 3 is 1.88 bits per heavy atom. The van der Waals surface area contributed by atoms with Gasteiger partial charge in [-0.15, -0.1) is 0 Å². The predicted molar refractivity (Wildman–Crippen MR) is 105 cm³/mol. The molecule has 2 heteroatoms. The van der Waals surface area contributed by atoms with E-state index in [1.807, 2.05) is 36.4 Å². The molecule has 2 atom stereocenters. The Bertz CT molecular complexity index is 664. The van der Waals surface area contributed by atoms with Gasteiger partial charge in [0.2, 0.25) is 0 Å². The number of hydrogen-bond acceptors (Lipinski definition) is 1. The van der Waals surface area contributed by atoms with Gasteiger partial charge in [-0.05, 0) is 24.7 Å². The third kappa shape index (κ3) is 2.78. The van der Waals surface area contributed by atoms with E-state index in [9.17, 15) is 4.57 Å². The van der Waals surface area contributed by atoms with Crippen LogP contribution in [0.25, 0.3) is 0 Å². The lowest BCUT2D eigenvalue weighted by Crippen LogP contribution is -2.45. The molecule has 0 amide bonds. The molecule has 0 saturated heterocycles. The molecule has 1 fully saturated rings. The zero-order valence-corrected chi connectivity index (χ0v) is 16.0. The third-order valence-electron chi connectivity index (χ3n) is 6.01. The van der Waals surface area contributed by atoms with E-state index in [2.05, 4.69) is 45.0 Å². The maximum Gasteiger partial charge on any atom is 0.149 e. The van der Waals surface area contributed by atoms with Crippen molar-refractivity contribution in [2.75, 3.05) is 0 Å². The van der Waals surface area contributed by atoms with Gasteiger partial charge in [-0.25, -0.2) is 0 Å². The van der Waals surface area contributed by atoms with Crippen LogP contribution in [-0.4, -0.2) is 5.16 Å². The molecule has 1 aliphatic carbocycles. The number of rotatable bonds is 4. The summed E-state index contributed by atoms with van der Waals surface area (Å²) in [5.74, 6) is 1.05. The van der Waals surface area contributed by atoms with Crippen molar-refractivity contribution in [2.45, 2.75) is 51.6 Å². The van der Waals surface area contributed by atoms with Crippen molar-refractivity contribution >= 4 is 17.8 Å². The summed E-state index contributed by atoms with van der Waals surface area (Å²) in [7, 11) is -2.72. The fraction of sp³-hybridized carbons (Fsp3) is 0.455. The molecule has 3 rings (SSSR count). The van der Waals surface area contributed by atoms with Crippen LogP contribution in [-0.2, 0) is 4.57 Å². The Morgan fingerprint density at radius 1 is 0.917 bits per heavy atom. The van der Waals surface area contributed by atoms with Gasteiger partial charge in [0.05, 0.1) is 0 Å². The highest BCUT2D eigenvalue weighted by Crippen LogP contribution is 2.64. The lowest BCUT2D eigenvalue weighted by Gasteiger charge is -2.49. The van der Waals surface area contributed by atoms with Crippen LogP contribution >= 0.6 is 7.14 Å². The van der Waals surface area contributed by atoms with Gasteiger partial charge in [0.1, 0.15) is 7.14 Å². The second-order valence-electron chi connectivity index (χ2n) is 7.73. The molecule has 0 heterocycles. The maximum atomic E-state index is 14.8. The van der Waals surface area contributed by atoms with E-state index in [4.69, 9.17) is 0 Å². The van der Waals surface area contributed by atoms with Crippen LogP contribution in [0.5, 0.6) is 0 Å². The zero-order valence-electron chi connectivity index (χ0n) is 15.1. The monoisotopic (exact) mass is 340 g/mol. The summed E-state index contributed by atoms with van der Waals surface area (Å²) in [4.78, 5) is 0. The fourth-order valence-corrected chi connectivity index (χ4v) is 8.83. The van der Waals surface area contributed by atoms with Crippen molar-refractivity contribution in [3.8, 4) is 0 Å². The Kier molecular flexibility index (Phi) is 5.02. The molecule has 2 aromatic carbocycles. The lowest BCUT2D eigenvalue weighted by molar-refractivity contribution is 0.215. The molecule has 1 nitrogen and oxygen atoms in total. The molecule has 1 aliphatic rings. The smallest absolute Gasteiger partial charge is 0.149 e. The second-order valence-corrected chi connectivity index (χ2v) is 11.0. The minimum absolute atomic E-state index is 0.165. The van der Waals surface area contributed by atoms with E-state index >= 15 is 0 Å². The molecule has 24 heavy (non-hydrogen) atoms. The molecular formula is C22H29OP. The van der Waals surface area contributed by atoms with E-state index in [1.54, 1.807) is 0 Å². The van der Waals surface area contributed by atoms with Crippen LogP contribution in [0.1, 0.15) is 46.5 Å². The molecule has 2 unspecified atom stereocenters. The molecule has 0 aliphatic heterocycles. The van der Waals surface area contributed by atoms with E-state index in [0.717, 1.165) is 17.0 Å². The summed E-state index contributed by atoms with van der Waals surface area (Å²) in [5.41, 5.74) is 0. The van der Waals surface area contributed by atoms with E-state index in [1.165, 1.54) is 19.3 Å². The van der Waals surface area contributed by atoms with Crippen molar-refractivity contribution in [1.82, 2.24) is 0 Å². The largest absolute Gasteiger partial charge is 0.313 e. The van der Waals surface area contributed by atoms with Gasteiger partial charge < -0.3 is 4.57 Å². The van der Waals surface area contributed by atoms with Gasteiger partial charge in [-0.3, -0.25) is 0 Å². The summed E-state index contributed by atoms with van der Waals surface area (Å²) in [5, 5.41) is 1.87. The van der Waals surface area contributed by atoms with Gasteiger partial charge in [0.15, 0.2) is 0 Å². The first-order valence-corrected chi connectivity index (χ1v) is 10.9. The molecule has 2 aromatic rings. The predicted octanol–water partition coefficient (Wildman–Crippen LogP) is 5.61. The Labute approximate surface area is 146 Å². The van der Waals surface area contributed by atoms with Crippen molar-refractivity contribution in [2.24, 2.45) is 11.8 Å². The van der Waals surface area contributed by atoms with Gasteiger partial charge in [0.25, 0.3) is 0 Å². The number of hydrogen-bond donors (Lipinski definition) is 0. The average molecular weight is 340 g/mol. The molecule has 0 aromatic heterocycles. The van der Waals surface area contributed by atoms with Crippen molar-refractivity contribution in [1.29, 1.82) is 0 Å². The van der Waals surface area contributed by atoms with Crippen LogP contribution < -0.4 is 10.6 Å². The van der Waals surface area contributed by atoms with Crippen LogP contribution in [0, 0.1) is 11.8 Å². The summed E-state index contributed by atoms with van der Waals surface area (Å²) in [6.07, 6.45) is 4.69. The minimum atomic E-state index is -2.72. The van der Waals surface area contributed by atoms with Crippen molar-refractivity contribution in [3.63, 3.8) is 0 Å². The van der Waals surface area contributed by atoms with E-state index < -0.39 is 7.14 Å². The highest BCUT2D eigenvalue weighted by molar-refractivity contribution is 7.80. The summed E-state index contributed by atoms with van der Waals surface area (Å²) < 4.78 is 14.8. The van der Waals surface area contributed by atoms with E-state index in [0.29, 0.717) is 11.8 Å². The molecule has 0 N–H and O–H groups in total. The topological polar surface area (TPSA) is 17.1 Å². The van der Waals surface area contributed by atoms with Gasteiger partial charge in [-0.1, -0.05) is 94.3 Å². The third-order valence-corrected chi connectivity index (χ3v) is 10.1. The first-order valence-electron chi connectivity index (χ1n) is 9.21. The standard InChI is InChI=1S/C22H29OP/c1-18(2)21-16-10-11-17-22(21,3)24(23,19-12-6-4-7-13-19)20-14-8-5-9-15-20/h4-9,12-15,18,21H,10-11,16-17H2,1-3H3. The van der Waals surface area contributed by atoms with Gasteiger partial charge in [0, 0.05) is 15.8 Å². The highest BCUT2D eigenvalue weighted by atomic mass is 31.2. The molecule has 1 saturated carbocycles. The van der Waals surface area contributed by atoms with Crippen molar-refractivity contribution < 1.29 is 4.57 Å². The molecule has 0 spiro atoms. The van der Waals surface area contributed by atoms with E-state index in [-0.39, 0.29) is 5.16 Å². The zero-order chi connectivity index (χ0) is 17.2. The average Bonchev–Trinajstić information content (AvgIpc) is 2.62. The lowest BCUT2D eigenvalue weighted by atomic mass is 9.74. The molecule has 128 valence electrons. The highest BCUT2D eigenvalue weighted by Gasteiger charge is 2.52. The SMILES string of the molecule is CC(C)C1CCCCC1(C)P(=O)(c1ccccc1)c1ccccc1. The maximum absolute atomic E-state index is 14.8. The fourth-order valence-electron chi connectivity index (χ4n) is 4.80. The molecule has 0 bridgehead atoms. The van der Waals surface area contributed by atoms with Crippen LogP contribution in [0.4, 0.5) is 0 Å². The van der Waals surface area contributed by atoms with Crippen LogP contribution in [0.15, 0.2) is 60.7 Å². The second kappa shape index (κ2) is 6.89. The Hall–Kier alpha value is -1.33. The minimum Gasteiger partial charge on any atom is -0.313 e. The Morgan fingerprint density at radius 2 is 1.42 bits per heavy atom. The summed E-state index contributed by atoms with van der Waals surface area (Å²) in [6, 6.07) is 20.4. The normalized spacial score (nSPS) is 24.9. The quantitative estimate of drug-likeness (QED) is 0.662. The van der Waals surface area contributed by atoms with Crippen LogP contribution in [0.3, 0.4) is 0 Å². The first-order chi connectivity index (χ1) is 11.5. The Balaban J connectivity index is 2.24. The summed E-state index contributed by atoms with van der Waals surface area (Å²) >= 11 is 0. The van der Waals surface area contributed by atoms with Gasteiger partial charge >= 0.3 is 0 Å². The molecule has 0 radical (unpaired) electrons. The first kappa shape index (κ1) is 17.5. The van der Waals surface area contributed by atoms with Gasteiger partial charge in [-0.2, -0.15) is 0 Å².